The monoisotopic (exact) mass is 666 g/mol. The third-order valence-corrected chi connectivity index (χ3v) is 11.2. The molecule has 254 valence electrons. The fourth-order valence-electron chi connectivity index (χ4n) is 7.26. The first-order chi connectivity index (χ1) is 21.9. The number of nitrogens with one attached hydrogen (secondary N) is 1. The van der Waals surface area contributed by atoms with Crippen molar-refractivity contribution in [2.24, 2.45) is 5.92 Å². The molecule has 14 heteroatoms. The van der Waals surface area contributed by atoms with E-state index in [9.17, 15) is 31.5 Å². The van der Waals surface area contributed by atoms with E-state index in [1.807, 2.05) is 9.58 Å². The Morgan fingerprint density at radius 1 is 1.07 bits per heavy atom. The van der Waals surface area contributed by atoms with Crippen molar-refractivity contribution in [3.05, 3.63) is 40.6 Å². The van der Waals surface area contributed by atoms with E-state index >= 15 is 0 Å². The predicted octanol–water partition coefficient (Wildman–Crippen LogP) is 3.57. The van der Waals surface area contributed by atoms with Gasteiger partial charge in [0.25, 0.3) is 0 Å². The molecule has 0 radical (unpaired) electrons. The maximum atomic E-state index is 14.0. The van der Waals surface area contributed by atoms with Gasteiger partial charge in [-0.05, 0) is 62.3 Å². The van der Waals surface area contributed by atoms with Crippen LogP contribution in [0.1, 0.15) is 73.8 Å². The van der Waals surface area contributed by atoms with Gasteiger partial charge in [0.1, 0.15) is 6.23 Å². The zero-order chi connectivity index (χ0) is 32.6. The molecule has 2 aromatic rings. The van der Waals surface area contributed by atoms with Gasteiger partial charge in [0.05, 0.1) is 17.5 Å². The van der Waals surface area contributed by atoms with Crippen LogP contribution < -0.4 is 5.32 Å². The van der Waals surface area contributed by atoms with Crippen molar-refractivity contribution in [2.75, 3.05) is 39.0 Å². The molecule has 1 aromatic heterocycles. The Morgan fingerprint density at radius 3 is 2.48 bits per heavy atom. The molecule has 2 saturated heterocycles. The van der Waals surface area contributed by atoms with E-state index in [4.69, 9.17) is 5.10 Å². The molecule has 1 saturated carbocycles. The minimum Gasteiger partial charge on any atom is -0.379 e. The molecule has 4 heterocycles. The number of sulfonamides is 1. The molecular formula is C32H45F3N6O4S. The summed E-state index contributed by atoms with van der Waals surface area (Å²) in [5.41, 5.74) is 1.86. The fourth-order valence-corrected chi connectivity index (χ4v) is 8.05. The summed E-state index contributed by atoms with van der Waals surface area (Å²) < 4.78 is 70.2. The molecule has 46 heavy (non-hydrogen) atoms. The second-order valence-electron chi connectivity index (χ2n) is 13.4. The fraction of sp³-hybridized carbons (Fsp3) is 0.688. The molecule has 1 amide bonds. The number of aliphatic hydroxyl groups excluding tert-OH is 1. The normalized spacial score (nSPS) is 21.2. The molecule has 1 atom stereocenters. The first-order valence-electron chi connectivity index (χ1n) is 16.5. The van der Waals surface area contributed by atoms with Gasteiger partial charge in [0.2, 0.25) is 15.9 Å². The maximum absolute atomic E-state index is 14.0. The van der Waals surface area contributed by atoms with Crippen LogP contribution in [0.25, 0.3) is 11.3 Å². The number of aromatic nitrogens is 2. The first kappa shape index (κ1) is 33.4. The van der Waals surface area contributed by atoms with Gasteiger partial charge in [-0.2, -0.15) is 22.6 Å². The summed E-state index contributed by atoms with van der Waals surface area (Å²) in [4.78, 5) is 16.6. The number of aliphatic hydroxyl groups is 1. The van der Waals surface area contributed by atoms with E-state index in [-0.39, 0.29) is 24.6 Å². The molecule has 0 spiro atoms. The predicted molar refractivity (Wildman–Crippen MR) is 167 cm³/mol. The molecule has 3 aliphatic heterocycles. The highest BCUT2D eigenvalue weighted by Gasteiger charge is 2.35. The second-order valence-corrected chi connectivity index (χ2v) is 15.4. The quantitative estimate of drug-likeness (QED) is 0.334. The van der Waals surface area contributed by atoms with Gasteiger partial charge in [-0.1, -0.05) is 18.9 Å². The number of benzene rings is 1. The standard InChI is InChI=1S/C32H45F3N6O4S/c1-46(44,45)39-17-11-28-26(21-39)31(23-7-8-27(32(33,34)35)24(19-23)20-36-29(42)18-22-5-6-22)37-41(28)14-3-12-38-15-9-25(10-16-38)40-13-2-4-30(40)43/h7-8,19,22,25,29,36,42H,2-6,9-18,20-21H2,1H3. The van der Waals surface area contributed by atoms with Gasteiger partial charge >= 0.3 is 6.18 Å². The molecule has 1 unspecified atom stereocenters. The van der Waals surface area contributed by atoms with Crippen molar-refractivity contribution in [3.63, 3.8) is 0 Å². The lowest BCUT2D eigenvalue weighted by Crippen LogP contribution is -2.45. The average molecular weight is 667 g/mol. The maximum Gasteiger partial charge on any atom is 0.416 e. The average Bonchev–Trinajstić information content (AvgIpc) is 3.60. The first-order valence-corrected chi connectivity index (χ1v) is 18.4. The Kier molecular flexibility index (Phi) is 9.82. The number of amides is 1. The lowest BCUT2D eigenvalue weighted by atomic mass is 9.97. The highest BCUT2D eigenvalue weighted by atomic mass is 32.2. The lowest BCUT2D eigenvalue weighted by Gasteiger charge is -2.36. The summed E-state index contributed by atoms with van der Waals surface area (Å²) in [5, 5.41) is 18.1. The molecule has 0 bridgehead atoms. The number of carbonyl (C=O) groups is 1. The van der Waals surface area contributed by atoms with Crippen LogP contribution in [0.5, 0.6) is 0 Å². The highest BCUT2D eigenvalue weighted by Crippen LogP contribution is 2.37. The minimum absolute atomic E-state index is 0.0120. The summed E-state index contributed by atoms with van der Waals surface area (Å²) in [6.45, 7) is 4.47. The number of hydrogen-bond acceptors (Lipinski definition) is 7. The SMILES string of the molecule is CS(=O)(=O)N1CCc2c(c(-c3ccc(C(F)(F)F)c(CNC(O)CC4CC4)c3)nn2CCCN2CCC(N3CCCC3=O)CC2)C1. The topological polar surface area (TPSA) is 111 Å². The molecule has 6 rings (SSSR count). The van der Waals surface area contributed by atoms with Crippen molar-refractivity contribution in [2.45, 2.75) is 95.9 Å². The van der Waals surface area contributed by atoms with Crippen LogP contribution in [-0.2, 0) is 47.0 Å². The zero-order valence-corrected chi connectivity index (χ0v) is 27.3. The number of rotatable bonds is 12. The molecule has 2 N–H and O–H groups in total. The molecule has 3 fully saturated rings. The summed E-state index contributed by atoms with van der Waals surface area (Å²) >= 11 is 0. The van der Waals surface area contributed by atoms with E-state index in [2.05, 4.69) is 10.2 Å². The van der Waals surface area contributed by atoms with Crippen molar-refractivity contribution in [3.8, 4) is 11.3 Å². The van der Waals surface area contributed by atoms with Crippen molar-refractivity contribution >= 4 is 15.9 Å². The van der Waals surface area contributed by atoms with Crippen LogP contribution in [0.2, 0.25) is 0 Å². The van der Waals surface area contributed by atoms with Crippen molar-refractivity contribution in [1.29, 1.82) is 0 Å². The third kappa shape index (κ3) is 7.78. The molecule has 1 aliphatic carbocycles. The number of hydrogen-bond donors (Lipinski definition) is 2. The molecular weight excluding hydrogens is 621 g/mol. The summed E-state index contributed by atoms with van der Waals surface area (Å²) in [7, 11) is -3.48. The Bertz CT molecular complexity index is 1520. The summed E-state index contributed by atoms with van der Waals surface area (Å²) in [6.07, 6.45) is 3.11. The van der Waals surface area contributed by atoms with E-state index in [0.29, 0.717) is 55.6 Å². The number of piperidine rings is 1. The Morgan fingerprint density at radius 2 is 1.83 bits per heavy atom. The number of alkyl halides is 3. The number of nitrogens with zero attached hydrogens (tertiary/aromatic N) is 5. The van der Waals surface area contributed by atoms with E-state index in [1.165, 1.54) is 22.7 Å². The highest BCUT2D eigenvalue weighted by molar-refractivity contribution is 7.88. The van der Waals surface area contributed by atoms with E-state index in [1.54, 1.807) is 0 Å². The van der Waals surface area contributed by atoms with Crippen LogP contribution in [0.4, 0.5) is 13.2 Å². The minimum atomic E-state index is -4.57. The van der Waals surface area contributed by atoms with E-state index < -0.39 is 28.0 Å². The lowest BCUT2D eigenvalue weighted by molar-refractivity contribution is -0.138. The molecule has 10 nitrogen and oxygen atoms in total. The van der Waals surface area contributed by atoms with Gasteiger partial charge in [0, 0.05) is 81.5 Å². The number of aryl methyl sites for hydroxylation is 1. The van der Waals surface area contributed by atoms with Crippen molar-refractivity contribution in [1.82, 2.24) is 29.2 Å². The third-order valence-electron chi connectivity index (χ3n) is 9.99. The number of halogens is 3. The molecule has 4 aliphatic rings. The van der Waals surface area contributed by atoms with Gasteiger partial charge in [-0.25, -0.2) is 8.42 Å². The molecule has 1 aromatic carbocycles. The van der Waals surface area contributed by atoms with Crippen LogP contribution in [0.3, 0.4) is 0 Å². The van der Waals surface area contributed by atoms with Gasteiger partial charge in [0.15, 0.2) is 0 Å². The largest absolute Gasteiger partial charge is 0.416 e. The number of likely N-dealkylation sites (tertiary alicyclic amines) is 2. The number of fused-ring (bicyclic) bond motifs is 1. The van der Waals surface area contributed by atoms with E-state index in [0.717, 1.165) is 82.0 Å². The Balaban J connectivity index is 1.19. The van der Waals surface area contributed by atoms with Gasteiger partial charge < -0.3 is 14.9 Å². The summed E-state index contributed by atoms with van der Waals surface area (Å²) in [6, 6.07) is 4.27. The zero-order valence-electron chi connectivity index (χ0n) is 26.4. The van der Waals surface area contributed by atoms with Crippen LogP contribution in [0.15, 0.2) is 18.2 Å². The smallest absolute Gasteiger partial charge is 0.379 e. The number of carbonyl (C=O) groups excluding carboxylic acids is 1. The Labute approximate surface area is 269 Å². The van der Waals surface area contributed by atoms with Crippen LogP contribution >= 0.6 is 0 Å². The Hall–Kier alpha value is -2.52. The second kappa shape index (κ2) is 13.5. The van der Waals surface area contributed by atoms with Crippen LogP contribution in [0, 0.1) is 5.92 Å². The van der Waals surface area contributed by atoms with Crippen LogP contribution in [-0.4, -0.2) is 94.6 Å². The van der Waals surface area contributed by atoms with Gasteiger partial charge in [-0.3, -0.25) is 14.8 Å². The van der Waals surface area contributed by atoms with Crippen molar-refractivity contribution < 1.29 is 31.5 Å². The van der Waals surface area contributed by atoms with Gasteiger partial charge in [-0.15, -0.1) is 0 Å². The summed E-state index contributed by atoms with van der Waals surface area (Å²) in [5.74, 6) is 0.686.